The Bertz CT molecular complexity index is 1180. The van der Waals surface area contributed by atoms with Gasteiger partial charge in [-0.3, -0.25) is 9.59 Å². The Balaban J connectivity index is 1.36. The molecule has 2 amide bonds. The van der Waals surface area contributed by atoms with Crippen molar-refractivity contribution >= 4 is 29.0 Å². The molecule has 190 valence electrons. The summed E-state index contributed by atoms with van der Waals surface area (Å²) in [4.78, 5) is 32.1. The summed E-state index contributed by atoms with van der Waals surface area (Å²) < 4.78 is 10.7. The van der Waals surface area contributed by atoms with E-state index in [2.05, 4.69) is 15.1 Å². The molecule has 9 nitrogen and oxygen atoms in total. The van der Waals surface area contributed by atoms with Crippen LogP contribution in [0.5, 0.6) is 11.5 Å². The first-order valence-electron chi connectivity index (χ1n) is 11.8. The maximum Gasteiger partial charge on any atom is 0.264 e. The summed E-state index contributed by atoms with van der Waals surface area (Å²) in [6.07, 6.45) is 0. The third-order valence-corrected chi connectivity index (χ3v) is 7.07. The van der Waals surface area contributed by atoms with E-state index < -0.39 is 0 Å². The van der Waals surface area contributed by atoms with Gasteiger partial charge in [-0.05, 0) is 49.6 Å². The van der Waals surface area contributed by atoms with Crippen molar-refractivity contribution in [2.45, 2.75) is 19.9 Å². The van der Waals surface area contributed by atoms with E-state index in [0.29, 0.717) is 48.2 Å². The van der Waals surface area contributed by atoms with Crippen molar-refractivity contribution in [2.75, 3.05) is 51.8 Å². The molecule has 0 atom stereocenters. The van der Waals surface area contributed by atoms with Gasteiger partial charge in [-0.15, -0.1) is 21.5 Å². The number of hydrogen-bond donors (Lipinski definition) is 0. The van der Waals surface area contributed by atoms with Crippen LogP contribution in [0.1, 0.15) is 23.5 Å². The molecule has 0 N–H and O–H groups in total. The molecular formula is C26H31N5O4S. The van der Waals surface area contributed by atoms with Crippen molar-refractivity contribution in [3.05, 3.63) is 52.7 Å². The van der Waals surface area contributed by atoms with Gasteiger partial charge in [-0.25, -0.2) is 0 Å². The van der Waals surface area contributed by atoms with Gasteiger partial charge in [0, 0.05) is 43.9 Å². The van der Waals surface area contributed by atoms with Crippen LogP contribution in [0.2, 0.25) is 0 Å². The first-order chi connectivity index (χ1) is 17.4. The highest BCUT2D eigenvalue weighted by Gasteiger charge is 2.27. The van der Waals surface area contributed by atoms with Crippen molar-refractivity contribution in [1.82, 2.24) is 20.0 Å². The van der Waals surface area contributed by atoms with Gasteiger partial charge in [-0.2, -0.15) is 0 Å². The Hall–Kier alpha value is -3.66. The lowest BCUT2D eigenvalue weighted by Crippen LogP contribution is -2.52. The molecule has 4 rings (SSSR count). The first-order valence-corrected chi connectivity index (χ1v) is 12.7. The van der Waals surface area contributed by atoms with Gasteiger partial charge < -0.3 is 24.2 Å². The molecule has 36 heavy (non-hydrogen) atoms. The molecule has 10 heteroatoms. The Morgan fingerprint density at radius 2 is 1.81 bits per heavy atom. The largest absolute Gasteiger partial charge is 0.497 e. The van der Waals surface area contributed by atoms with Crippen molar-refractivity contribution in [3.63, 3.8) is 0 Å². The molecule has 0 saturated carbocycles. The third-order valence-electron chi connectivity index (χ3n) is 6.21. The fourth-order valence-electron chi connectivity index (χ4n) is 4.11. The SMILES string of the molecule is COc1ccc(-c2ccc(N3CCN(C(=O)CN(C(=O)c4cccs4)C(C)C)CC3)nn2)c(OC)c1. The summed E-state index contributed by atoms with van der Waals surface area (Å²) in [6, 6.07) is 13.0. The lowest BCUT2D eigenvalue weighted by atomic mass is 10.1. The number of carbonyl (C=O) groups is 2. The fraction of sp³-hybridized carbons (Fsp3) is 0.385. The number of amides is 2. The zero-order chi connectivity index (χ0) is 25.7. The first kappa shape index (κ1) is 25.4. The number of carbonyl (C=O) groups excluding carboxylic acids is 2. The molecule has 0 unspecified atom stereocenters. The molecule has 0 radical (unpaired) electrons. The van der Waals surface area contributed by atoms with Gasteiger partial charge in [-0.1, -0.05) is 6.07 Å². The number of anilines is 1. The molecule has 1 saturated heterocycles. The number of methoxy groups -OCH3 is 2. The third kappa shape index (κ3) is 5.59. The Labute approximate surface area is 215 Å². The minimum Gasteiger partial charge on any atom is -0.497 e. The summed E-state index contributed by atoms with van der Waals surface area (Å²) in [6.45, 7) is 6.35. The van der Waals surface area contributed by atoms with E-state index in [1.54, 1.807) is 25.2 Å². The Morgan fingerprint density at radius 3 is 2.39 bits per heavy atom. The van der Waals surface area contributed by atoms with Crippen molar-refractivity contribution in [1.29, 1.82) is 0 Å². The van der Waals surface area contributed by atoms with Crippen molar-refractivity contribution in [3.8, 4) is 22.8 Å². The second kappa shape index (κ2) is 11.4. The highest BCUT2D eigenvalue weighted by Crippen LogP contribution is 2.32. The zero-order valence-corrected chi connectivity index (χ0v) is 21.8. The molecular weight excluding hydrogens is 478 g/mol. The monoisotopic (exact) mass is 509 g/mol. The zero-order valence-electron chi connectivity index (χ0n) is 21.0. The molecule has 0 aliphatic carbocycles. The predicted molar refractivity (Wildman–Crippen MR) is 140 cm³/mol. The molecule has 1 aliphatic rings. The molecule has 1 aromatic carbocycles. The van der Waals surface area contributed by atoms with E-state index in [-0.39, 0.29) is 24.4 Å². The smallest absolute Gasteiger partial charge is 0.264 e. The van der Waals surface area contributed by atoms with Crippen LogP contribution in [-0.4, -0.2) is 84.8 Å². The molecule has 3 heterocycles. The van der Waals surface area contributed by atoms with Crippen LogP contribution >= 0.6 is 11.3 Å². The maximum absolute atomic E-state index is 13.0. The van der Waals surface area contributed by atoms with Crippen LogP contribution in [0.15, 0.2) is 47.8 Å². The van der Waals surface area contributed by atoms with Crippen molar-refractivity contribution < 1.29 is 19.1 Å². The second-order valence-corrected chi connectivity index (χ2v) is 9.66. The molecule has 1 fully saturated rings. The van der Waals surface area contributed by atoms with Crippen molar-refractivity contribution in [2.24, 2.45) is 0 Å². The number of nitrogens with zero attached hydrogens (tertiary/aromatic N) is 5. The summed E-state index contributed by atoms with van der Waals surface area (Å²) in [5, 5.41) is 10.7. The molecule has 3 aromatic rings. The molecule has 0 spiro atoms. The van der Waals surface area contributed by atoms with Gasteiger partial charge in [0.05, 0.1) is 24.8 Å². The van der Waals surface area contributed by atoms with Gasteiger partial charge in [0.25, 0.3) is 5.91 Å². The average Bonchev–Trinajstić information content (AvgIpc) is 3.46. The second-order valence-electron chi connectivity index (χ2n) is 8.71. The fourth-order valence-corrected chi connectivity index (χ4v) is 4.79. The standard InChI is InChI=1S/C26H31N5O4S/c1-18(2)31(26(33)23-6-5-15-36-23)17-25(32)30-13-11-29(12-14-30)24-10-9-21(27-28-24)20-8-7-19(34-3)16-22(20)35-4/h5-10,15-16,18H,11-14,17H2,1-4H3. The summed E-state index contributed by atoms with van der Waals surface area (Å²) in [5.74, 6) is 1.99. The predicted octanol–water partition coefficient (Wildman–Crippen LogP) is 3.42. The van der Waals surface area contributed by atoms with Gasteiger partial charge in [0.1, 0.15) is 18.0 Å². The van der Waals surface area contributed by atoms with E-state index in [9.17, 15) is 9.59 Å². The minimum atomic E-state index is -0.101. The quantitative estimate of drug-likeness (QED) is 0.460. The molecule has 2 aromatic heterocycles. The highest BCUT2D eigenvalue weighted by molar-refractivity contribution is 7.12. The maximum atomic E-state index is 13.0. The van der Waals surface area contributed by atoms with Crippen LogP contribution in [-0.2, 0) is 4.79 Å². The summed E-state index contributed by atoms with van der Waals surface area (Å²) in [5.41, 5.74) is 1.54. The van der Waals surface area contributed by atoms with E-state index in [1.165, 1.54) is 11.3 Å². The van der Waals surface area contributed by atoms with E-state index in [1.807, 2.05) is 60.5 Å². The van der Waals surface area contributed by atoms with E-state index in [4.69, 9.17) is 9.47 Å². The van der Waals surface area contributed by atoms with Gasteiger partial charge >= 0.3 is 0 Å². The van der Waals surface area contributed by atoms with Crippen LogP contribution < -0.4 is 14.4 Å². The van der Waals surface area contributed by atoms with Crippen LogP contribution in [0, 0.1) is 0 Å². The van der Waals surface area contributed by atoms with Crippen LogP contribution in [0.25, 0.3) is 11.3 Å². The summed E-state index contributed by atoms with van der Waals surface area (Å²) in [7, 11) is 3.22. The van der Waals surface area contributed by atoms with E-state index >= 15 is 0 Å². The van der Waals surface area contributed by atoms with Crippen LogP contribution in [0.4, 0.5) is 5.82 Å². The summed E-state index contributed by atoms with van der Waals surface area (Å²) >= 11 is 1.39. The van der Waals surface area contributed by atoms with Crippen LogP contribution in [0.3, 0.4) is 0 Å². The number of thiophene rings is 1. The Kier molecular flexibility index (Phi) is 8.04. The number of benzene rings is 1. The normalized spacial score (nSPS) is 13.6. The molecule has 1 aliphatic heterocycles. The molecule has 0 bridgehead atoms. The number of hydrogen-bond acceptors (Lipinski definition) is 8. The van der Waals surface area contributed by atoms with Gasteiger partial charge in [0.15, 0.2) is 5.82 Å². The minimum absolute atomic E-state index is 0.0405. The average molecular weight is 510 g/mol. The highest BCUT2D eigenvalue weighted by atomic mass is 32.1. The number of aromatic nitrogens is 2. The Morgan fingerprint density at radius 1 is 1.03 bits per heavy atom. The lowest BCUT2D eigenvalue weighted by Gasteiger charge is -2.36. The number of piperazine rings is 1. The van der Waals surface area contributed by atoms with E-state index in [0.717, 1.165) is 11.4 Å². The van der Waals surface area contributed by atoms with Gasteiger partial charge in [0.2, 0.25) is 5.91 Å². The number of rotatable bonds is 8. The topological polar surface area (TPSA) is 88.1 Å². The lowest BCUT2D eigenvalue weighted by molar-refractivity contribution is -0.132. The number of ether oxygens (including phenoxy) is 2.